The predicted molar refractivity (Wildman–Crippen MR) is 158 cm³/mol. The fourth-order valence-electron chi connectivity index (χ4n) is 6.53. The van der Waals surface area contributed by atoms with Crippen molar-refractivity contribution in [2.24, 2.45) is 0 Å². The van der Waals surface area contributed by atoms with E-state index >= 15 is 0 Å². The number of carbonyl (C=O) groups is 8. The normalized spacial score (nSPS) is 19.9. The highest BCUT2D eigenvalue weighted by Crippen LogP contribution is 2.46. The maximum Gasteiger partial charge on any atom is 0.339 e. The summed E-state index contributed by atoms with van der Waals surface area (Å²) < 4.78 is 32.1. The molecule has 246 valence electrons. The van der Waals surface area contributed by atoms with Crippen LogP contribution < -0.4 is 9.47 Å². The molecule has 0 spiro atoms. The minimum absolute atomic E-state index is 0.121. The SMILES string of the molecule is COC1=C(C2=C(OC)C(=O)c3c4c(cc(OC(C)=O)c3C2=O)CC(C)OC4=O)C(=O)c2c(OC(C)=O)cc3c(c2C1=O)C(=O)OC(C)C3. The Balaban J connectivity index is 1.66. The Hall–Kier alpha value is -5.92. The van der Waals surface area contributed by atoms with Crippen LogP contribution in [0.5, 0.6) is 11.5 Å². The largest absolute Gasteiger partial charge is 0.492 e. The van der Waals surface area contributed by atoms with Crippen molar-refractivity contribution < 1.29 is 66.8 Å². The van der Waals surface area contributed by atoms with Crippen molar-refractivity contribution in [3.63, 3.8) is 0 Å². The summed E-state index contributed by atoms with van der Waals surface area (Å²) in [6.45, 7) is 5.34. The Kier molecular flexibility index (Phi) is 7.61. The summed E-state index contributed by atoms with van der Waals surface area (Å²) in [4.78, 5) is 108. The highest BCUT2D eigenvalue weighted by molar-refractivity contribution is 6.39. The molecule has 0 saturated heterocycles. The highest BCUT2D eigenvalue weighted by Gasteiger charge is 2.49. The summed E-state index contributed by atoms with van der Waals surface area (Å²) in [7, 11) is 2.06. The summed E-state index contributed by atoms with van der Waals surface area (Å²) in [5.74, 6) is -10.2. The van der Waals surface area contributed by atoms with Gasteiger partial charge in [0, 0.05) is 26.7 Å². The first-order valence-corrected chi connectivity index (χ1v) is 14.6. The lowest BCUT2D eigenvalue weighted by atomic mass is 9.74. The van der Waals surface area contributed by atoms with Gasteiger partial charge in [0.15, 0.2) is 11.5 Å². The van der Waals surface area contributed by atoms with Crippen molar-refractivity contribution in [2.45, 2.75) is 52.7 Å². The van der Waals surface area contributed by atoms with Crippen molar-refractivity contribution in [3.8, 4) is 11.5 Å². The van der Waals surface area contributed by atoms with Gasteiger partial charge in [-0.25, -0.2) is 9.59 Å². The highest BCUT2D eigenvalue weighted by atomic mass is 16.6. The van der Waals surface area contributed by atoms with Crippen molar-refractivity contribution in [3.05, 3.63) is 79.3 Å². The number of ether oxygens (including phenoxy) is 6. The van der Waals surface area contributed by atoms with Crippen molar-refractivity contribution in [1.82, 2.24) is 0 Å². The van der Waals surface area contributed by atoms with Crippen LogP contribution in [0.25, 0.3) is 0 Å². The first kappa shape index (κ1) is 32.0. The lowest BCUT2D eigenvalue weighted by Gasteiger charge is -2.31. The van der Waals surface area contributed by atoms with E-state index in [0.29, 0.717) is 0 Å². The number of rotatable bonds is 5. The molecule has 4 aliphatic rings. The third-order valence-corrected chi connectivity index (χ3v) is 8.18. The average Bonchev–Trinajstić information content (AvgIpc) is 2.98. The molecular formula is C34H26O14. The molecule has 2 heterocycles. The number of allylic oxidation sites excluding steroid dienone is 4. The molecule has 2 atom stereocenters. The van der Waals surface area contributed by atoms with Gasteiger partial charge in [-0.1, -0.05) is 0 Å². The second kappa shape index (κ2) is 11.4. The number of fused-ring (bicyclic) bond motifs is 6. The van der Waals surface area contributed by atoms with Crippen LogP contribution in [-0.4, -0.2) is 73.4 Å². The zero-order valence-corrected chi connectivity index (χ0v) is 26.4. The van der Waals surface area contributed by atoms with Crippen molar-refractivity contribution in [1.29, 1.82) is 0 Å². The molecule has 2 aliphatic carbocycles. The lowest BCUT2D eigenvalue weighted by Crippen LogP contribution is -2.36. The van der Waals surface area contributed by atoms with Crippen molar-refractivity contribution >= 4 is 47.0 Å². The van der Waals surface area contributed by atoms with Crippen LogP contribution >= 0.6 is 0 Å². The van der Waals surface area contributed by atoms with Crippen LogP contribution in [0.4, 0.5) is 0 Å². The fourth-order valence-corrected chi connectivity index (χ4v) is 6.53. The zero-order chi connectivity index (χ0) is 34.9. The summed E-state index contributed by atoms with van der Waals surface area (Å²) in [6, 6.07) is 2.53. The lowest BCUT2D eigenvalue weighted by molar-refractivity contribution is -0.132. The number of ketones is 4. The summed E-state index contributed by atoms with van der Waals surface area (Å²) in [6.07, 6.45) is -0.964. The first-order chi connectivity index (χ1) is 22.7. The molecular weight excluding hydrogens is 632 g/mol. The molecule has 2 unspecified atom stereocenters. The topological polar surface area (TPSA) is 192 Å². The molecule has 48 heavy (non-hydrogen) atoms. The van der Waals surface area contributed by atoms with Crippen LogP contribution in [0.1, 0.15) is 101 Å². The summed E-state index contributed by atoms with van der Waals surface area (Å²) in [5, 5.41) is 0. The Labute approximate surface area is 271 Å². The van der Waals surface area contributed by atoms with Gasteiger partial charge in [0.1, 0.15) is 23.7 Å². The first-order valence-electron chi connectivity index (χ1n) is 14.6. The molecule has 14 nitrogen and oxygen atoms in total. The van der Waals surface area contributed by atoms with Gasteiger partial charge in [0.25, 0.3) is 0 Å². The van der Waals surface area contributed by atoms with Crippen molar-refractivity contribution in [2.75, 3.05) is 14.2 Å². The Morgan fingerprint density at radius 1 is 0.583 bits per heavy atom. The molecule has 0 amide bonds. The number of methoxy groups -OCH3 is 2. The standard InChI is InChI=1S/C34H26O14/c1-11-7-15-9-17(47-13(3)35)21-23(19(15)33(41)45-11)29(39)31(43-5)25(27(21)37)26-28(38)22-18(48-14(4)36)10-16-8-12(2)46-34(42)20(16)24(22)30(40)32(26)44-6/h9-12H,7-8H2,1-6H3. The van der Waals surface area contributed by atoms with Gasteiger partial charge in [-0.15, -0.1) is 0 Å². The van der Waals surface area contributed by atoms with E-state index in [9.17, 15) is 38.4 Å². The minimum atomic E-state index is -1.14. The number of hydrogen-bond donors (Lipinski definition) is 0. The average molecular weight is 659 g/mol. The number of hydrogen-bond acceptors (Lipinski definition) is 14. The van der Waals surface area contributed by atoms with E-state index in [1.807, 2.05) is 0 Å². The second-order valence-corrected chi connectivity index (χ2v) is 11.5. The van der Waals surface area contributed by atoms with Gasteiger partial charge in [0.05, 0.1) is 58.7 Å². The van der Waals surface area contributed by atoms with E-state index < -0.39 is 104 Å². The molecule has 2 aromatic rings. The molecule has 0 fully saturated rings. The predicted octanol–water partition coefficient (Wildman–Crippen LogP) is 3.00. The minimum Gasteiger partial charge on any atom is -0.492 e. The van der Waals surface area contributed by atoms with E-state index in [1.54, 1.807) is 13.8 Å². The fraction of sp³-hybridized carbons (Fsp3) is 0.294. The van der Waals surface area contributed by atoms with Crippen LogP contribution in [0.3, 0.4) is 0 Å². The molecule has 0 bridgehead atoms. The van der Waals surface area contributed by atoms with Gasteiger partial charge in [0.2, 0.25) is 23.1 Å². The van der Waals surface area contributed by atoms with Crippen LogP contribution in [0.2, 0.25) is 0 Å². The molecule has 0 radical (unpaired) electrons. The van der Waals surface area contributed by atoms with Gasteiger partial charge in [-0.05, 0) is 37.1 Å². The zero-order valence-electron chi connectivity index (χ0n) is 26.4. The van der Waals surface area contributed by atoms with Gasteiger partial charge in [-0.3, -0.25) is 28.8 Å². The number of benzene rings is 2. The van der Waals surface area contributed by atoms with Gasteiger partial charge >= 0.3 is 23.9 Å². The molecule has 0 saturated carbocycles. The van der Waals surface area contributed by atoms with E-state index in [0.717, 1.165) is 28.1 Å². The van der Waals surface area contributed by atoms with Gasteiger partial charge < -0.3 is 28.4 Å². The number of esters is 4. The molecule has 2 aliphatic heterocycles. The number of Topliss-reactive ketones (excluding diaryl/α,β-unsaturated/α-hetero) is 4. The quantitative estimate of drug-likeness (QED) is 0.336. The molecule has 0 aromatic heterocycles. The molecule has 2 aromatic carbocycles. The maximum atomic E-state index is 14.6. The Bertz CT molecular complexity index is 1900. The monoisotopic (exact) mass is 658 g/mol. The smallest absolute Gasteiger partial charge is 0.339 e. The van der Waals surface area contributed by atoms with E-state index in [1.165, 1.54) is 12.1 Å². The second-order valence-electron chi connectivity index (χ2n) is 11.5. The number of cyclic esters (lactones) is 2. The summed E-state index contributed by atoms with van der Waals surface area (Å²) >= 11 is 0. The van der Waals surface area contributed by atoms with Gasteiger partial charge in [-0.2, -0.15) is 0 Å². The van der Waals surface area contributed by atoms with Crippen LogP contribution in [0.15, 0.2) is 34.8 Å². The van der Waals surface area contributed by atoms with E-state index in [2.05, 4.69) is 0 Å². The third kappa shape index (κ3) is 4.70. The van der Waals surface area contributed by atoms with E-state index in [4.69, 9.17) is 28.4 Å². The summed E-state index contributed by atoms with van der Waals surface area (Å²) in [5.41, 5.74) is -3.57. The number of carbonyl (C=O) groups excluding carboxylic acids is 8. The molecule has 6 rings (SSSR count). The van der Waals surface area contributed by atoms with Crippen LogP contribution in [0, 0.1) is 0 Å². The van der Waals surface area contributed by atoms with Crippen LogP contribution in [-0.2, 0) is 41.4 Å². The molecule has 14 heteroatoms. The Morgan fingerprint density at radius 3 is 1.25 bits per heavy atom. The Morgan fingerprint density at radius 2 is 0.938 bits per heavy atom. The maximum absolute atomic E-state index is 14.6. The third-order valence-electron chi connectivity index (χ3n) is 8.18. The van der Waals surface area contributed by atoms with E-state index in [-0.39, 0.29) is 46.6 Å². The molecule has 0 N–H and O–H groups in total.